The van der Waals surface area contributed by atoms with E-state index in [0.29, 0.717) is 11.3 Å². The second-order valence-electron chi connectivity index (χ2n) is 8.42. The van der Waals surface area contributed by atoms with E-state index in [1.165, 1.54) is 0 Å². The summed E-state index contributed by atoms with van der Waals surface area (Å²) in [5.41, 5.74) is 8.20. The molecule has 2 heterocycles. The molecule has 1 aliphatic rings. The fraction of sp³-hybridized carbons (Fsp3) is 0.0645. The van der Waals surface area contributed by atoms with E-state index in [0.717, 1.165) is 33.6 Å². The molecule has 1 N–H and O–H groups in total. The highest BCUT2D eigenvalue weighted by atomic mass is 16.5. The molecule has 5 heteroatoms. The molecule has 1 atom stereocenters. The molecule has 176 valence electrons. The summed E-state index contributed by atoms with van der Waals surface area (Å²) in [4.78, 5) is 16.5. The number of carbonyl (C=O) groups excluding carboxylic acids is 1. The van der Waals surface area contributed by atoms with Gasteiger partial charge in [0.05, 0.1) is 6.21 Å². The van der Waals surface area contributed by atoms with E-state index in [1.807, 2.05) is 72.8 Å². The highest BCUT2D eigenvalue weighted by Crippen LogP contribution is 2.41. The fourth-order valence-electron chi connectivity index (χ4n) is 4.22. The SMILES string of the molecule is Cc1ccccc1[C@@H]1C=C(c2ccccc2)OC(c2ccccc2)=C1C=NNC(=O)c1ccncc1. The first-order valence-electron chi connectivity index (χ1n) is 11.7. The van der Waals surface area contributed by atoms with Gasteiger partial charge < -0.3 is 4.74 Å². The summed E-state index contributed by atoms with van der Waals surface area (Å²) in [7, 11) is 0. The van der Waals surface area contributed by atoms with Crippen LogP contribution in [0.1, 0.15) is 38.5 Å². The van der Waals surface area contributed by atoms with Gasteiger partial charge in [0.25, 0.3) is 5.91 Å². The third kappa shape index (κ3) is 5.00. The summed E-state index contributed by atoms with van der Waals surface area (Å²) >= 11 is 0. The Hall–Kier alpha value is -4.77. The van der Waals surface area contributed by atoms with Gasteiger partial charge in [-0.3, -0.25) is 9.78 Å². The minimum atomic E-state index is -0.305. The van der Waals surface area contributed by atoms with Crippen molar-refractivity contribution in [1.29, 1.82) is 0 Å². The molecule has 5 rings (SSSR count). The molecule has 0 bridgehead atoms. The fourth-order valence-corrected chi connectivity index (χ4v) is 4.22. The number of allylic oxidation sites excluding steroid dienone is 2. The van der Waals surface area contributed by atoms with Crippen LogP contribution in [0, 0.1) is 6.92 Å². The minimum absolute atomic E-state index is 0.132. The number of pyridine rings is 1. The predicted molar refractivity (Wildman–Crippen MR) is 143 cm³/mol. The molecule has 1 aliphatic heterocycles. The van der Waals surface area contributed by atoms with Crippen LogP contribution in [0.25, 0.3) is 11.5 Å². The van der Waals surface area contributed by atoms with Crippen LogP contribution in [0.15, 0.2) is 126 Å². The summed E-state index contributed by atoms with van der Waals surface area (Å²) in [5, 5.41) is 4.34. The average molecular weight is 472 g/mol. The van der Waals surface area contributed by atoms with Crippen LogP contribution in [-0.2, 0) is 4.74 Å². The zero-order valence-electron chi connectivity index (χ0n) is 19.8. The van der Waals surface area contributed by atoms with E-state index in [-0.39, 0.29) is 11.8 Å². The number of rotatable bonds is 6. The van der Waals surface area contributed by atoms with Gasteiger partial charge in [-0.15, -0.1) is 0 Å². The monoisotopic (exact) mass is 471 g/mol. The summed E-state index contributed by atoms with van der Waals surface area (Å²) in [6, 6.07) is 31.6. The molecule has 1 aromatic heterocycles. The van der Waals surface area contributed by atoms with Crippen molar-refractivity contribution in [2.45, 2.75) is 12.8 Å². The Kier molecular flexibility index (Phi) is 6.81. The van der Waals surface area contributed by atoms with Crippen LogP contribution < -0.4 is 5.43 Å². The highest BCUT2D eigenvalue weighted by Gasteiger charge is 2.28. The standard InChI is InChI=1S/C31H25N3O2/c1-22-10-8-9-15-26(22)27-20-29(23-11-4-2-5-12-23)36-30(24-13-6-3-7-14-24)28(27)21-33-34-31(35)25-16-18-32-19-17-25/h2-21,27H,1H3,(H,34,35)/t27-/m0/s1. The number of benzene rings is 3. The van der Waals surface area contributed by atoms with Gasteiger partial charge >= 0.3 is 0 Å². The molecule has 0 radical (unpaired) electrons. The van der Waals surface area contributed by atoms with Crippen LogP contribution in [0.5, 0.6) is 0 Å². The predicted octanol–water partition coefficient (Wildman–Crippen LogP) is 6.37. The molecule has 0 unspecified atom stereocenters. The smallest absolute Gasteiger partial charge is 0.271 e. The number of nitrogens with one attached hydrogen (secondary N) is 1. The second-order valence-corrected chi connectivity index (χ2v) is 8.42. The molecule has 0 saturated carbocycles. The Bertz CT molecular complexity index is 1440. The lowest BCUT2D eigenvalue weighted by atomic mass is 9.84. The summed E-state index contributed by atoms with van der Waals surface area (Å²) in [6.45, 7) is 2.10. The molecule has 3 aromatic carbocycles. The van der Waals surface area contributed by atoms with Crippen LogP contribution in [0.4, 0.5) is 0 Å². The molecular formula is C31H25N3O2. The first-order valence-corrected chi connectivity index (χ1v) is 11.7. The van der Waals surface area contributed by atoms with Gasteiger partial charge in [0.2, 0.25) is 0 Å². The van der Waals surface area contributed by atoms with Crippen LogP contribution >= 0.6 is 0 Å². The van der Waals surface area contributed by atoms with Crippen molar-refractivity contribution in [3.05, 3.63) is 149 Å². The number of carbonyl (C=O) groups is 1. The van der Waals surface area contributed by atoms with Gasteiger partial charge in [0.1, 0.15) is 11.5 Å². The lowest BCUT2D eigenvalue weighted by molar-refractivity contribution is 0.0955. The maximum absolute atomic E-state index is 12.6. The van der Waals surface area contributed by atoms with Crippen LogP contribution in [0.2, 0.25) is 0 Å². The van der Waals surface area contributed by atoms with Gasteiger partial charge in [0.15, 0.2) is 0 Å². The second kappa shape index (κ2) is 10.7. The molecule has 0 saturated heterocycles. The van der Waals surface area contributed by atoms with Crippen molar-refractivity contribution >= 4 is 23.6 Å². The number of hydrogen-bond acceptors (Lipinski definition) is 4. The van der Waals surface area contributed by atoms with Crippen molar-refractivity contribution in [3.8, 4) is 0 Å². The lowest BCUT2D eigenvalue weighted by Gasteiger charge is -2.28. The molecule has 5 nitrogen and oxygen atoms in total. The quantitative estimate of drug-likeness (QED) is 0.262. The first kappa shape index (κ1) is 23.0. The van der Waals surface area contributed by atoms with Crippen LogP contribution in [-0.4, -0.2) is 17.1 Å². The molecule has 4 aromatic rings. The number of aryl methyl sites for hydroxylation is 1. The van der Waals surface area contributed by atoms with Crippen molar-refractivity contribution in [2.75, 3.05) is 0 Å². The van der Waals surface area contributed by atoms with Crippen molar-refractivity contribution in [3.63, 3.8) is 0 Å². The van der Waals surface area contributed by atoms with E-state index in [2.05, 4.69) is 40.6 Å². The van der Waals surface area contributed by atoms with E-state index in [4.69, 9.17) is 4.74 Å². The molecule has 0 fully saturated rings. The number of aromatic nitrogens is 1. The van der Waals surface area contributed by atoms with E-state index in [9.17, 15) is 4.79 Å². The van der Waals surface area contributed by atoms with E-state index in [1.54, 1.807) is 30.7 Å². The number of amides is 1. The van der Waals surface area contributed by atoms with E-state index >= 15 is 0 Å². The third-order valence-electron chi connectivity index (χ3n) is 6.06. The normalized spacial score (nSPS) is 15.4. The van der Waals surface area contributed by atoms with Gasteiger partial charge in [-0.25, -0.2) is 5.43 Å². The summed E-state index contributed by atoms with van der Waals surface area (Å²) in [5.74, 6) is 1.04. The highest BCUT2D eigenvalue weighted by molar-refractivity contribution is 5.97. The Morgan fingerprint density at radius 2 is 1.50 bits per heavy atom. The molecule has 1 amide bonds. The van der Waals surface area contributed by atoms with Crippen molar-refractivity contribution in [1.82, 2.24) is 10.4 Å². The molecule has 36 heavy (non-hydrogen) atoms. The van der Waals surface area contributed by atoms with Gasteiger partial charge in [-0.1, -0.05) is 84.9 Å². The Morgan fingerprint density at radius 1 is 0.861 bits per heavy atom. The van der Waals surface area contributed by atoms with Gasteiger partial charge in [0, 0.05) is 40.6 Å². The maximum Gasteiger partial charge on any atom is 0.271 e. The minimum Gasteiger partial charge on any atom is -0.456 e. The number of ether oxygens (including phenoxy) is 1. The number of hydrazone groups is 1. The molecule has 0 spiro atoms. The third-order valence-corrected chi connectivity index (χ3v) is 6.06. The topological polar surface area (TPSA) is 63.6 Å². The zero-order valence-corrected chi connectivity index (χ0v) is 19.8. The Labute approximate surface area is 210 Å². The van der Waals surface area contributed by atoms with E-state index < -0.39 is 0 Å². The largest absolute Gasteiger partial charge is 0.456 e. The van der Waals surface area contributed by atoms with Crippen molar-refractivity contribution < 1.29 is 9.53 Å². The first-order chi connectivity index (χ1) is 17.7. The number of hydrogen-bond donors (Lipinski definition) is 1. The zero-order chi connectivity index (χ0) is 24.7. The lowest BCUT2D eigenvalue weighted by Crippen LogP contribution is -2.19. The van der Waals surface area contributed by atoms with Gasteiger partial charge in [-0.2, -0.15) is 5.10 Å². The average Bonchev–Trinajstić information content (AvgIpc) is 2.94. The molecule has 0 aliphatic carbocycles. The Balaban J connectivity index is 1.60. The molecular weight excluding hydrogens is 446 g/mol. The Morgan fingerprint density at radius 3 is 2.19 bits per heavy atom. The number of nitrogens with zero attached hydrogens (tertiary/aromatic N) is 2. The van der Waals surface area contributed by atoms with Crippen molar-refractivity contribution in [2.24, 2.45) is 5.10 Å². The van der Waals surface area contributed by atoms with Crippen LogP contribution in [0.3, 0.4) is 0 Å². The maximum atomic E-state index is 12.6. The summed E-state index contributed by atoms with van der Waals surface area (Å²) < 4.78 is 6.53. The van der Waals surface area contributed by atoms with Gasteiger partial charge in [-0.05, 0) is 36.3 Å². The summed E-state index contributed by atoms with van der Waals surface area (Å²) in [6.07, 6.45) is 6.97.